The van der Waals surface area contributed by atoms with Crippen LogP contribution in [0.25, 0.3) is 10.9 Å². The Balaban J connectivity index is 0.00000124. The molecule has 1 atom stereocenters. The van der Waals surface area contributed by atoms with Gasteiger partial charge in [0.15, 0.2) is 0 Å². The van der Waals surface area contributed by atoms with Gasteiger partial charge in [0.1, 0.15) is 5.75 Å². The van der Waals surface area contributed by atoms with Gasteiger partial charge >= 0.3 is 6.03 Å². The van der Waals surface area contributed by atoms with Crippen molar-refractivity contribution in [2.24, 2.45) is 0 Å². The summed E-state index contributed by atoms with van der Waals surface area (Å²) in [6.07, 6.45) is 0.593. The predicted molar refractivity (Wildman–Crippen MR) is 120 cm³/mol. The lowest BCUT2D eigenvalue weighted by molar-refractivity contribution is 0.125. The van der Waals surface area contributed by atoms with Crippen LogP contribution in [0.15, 0.2) is 36.4 Å². The van der Waals surface area contributed by atoms with Crippen LogP contribution in [0, 0.1) is 0 Å². The van der Waals surface area contributed by atoms with E-state index >= 15 is 0 Å². The van der Waals surface area contributed by atoms with E-state index in [1.54, 1.807) is 23.1 Å². The molecule has 8 heteroatoms. The number of carbonyl (C=O) groups is 1. The topological polar surface area (TPSA) is 88.6 Å². The smallest absolute Gasteiger partial charge is 0.318 e. The van der Waals surface area contributed by atoms with Crippen LogP contribution in [0.1, 0.15) is 36.7 Å². The normalized spacial score (nSPS) is 15.4. The third kappa shape index (κ3) is 4.36. The number of phenols is 1. The summed E-state index contributed by atoms with van der Waals surface area (Å²) < 4.78 is 0. The molecule has 0 aliphatic carbocycles. The summed E-state index contributed by atoms with van der Waals surface area (Å²) in [5.74, 6) is 0.0468. The highest BCUT2D eigenvalue weighted by Gasteiger charge is 2.33. The van der Waals surface area contributed by atoms with E-state index in [-0.39, 0.29) is 18.4 Å². The van der Waals surface area contributed by atoms with E-state index < -0.39 is 6.04 Å². The van der Waals surface area contributed by atoms with Crippen LogP contribution in [0.5, 0.6) is 5.75 Å². The number of rotatable bonds is 3. The van der Waals surface area contributed by atoms with Gasteiger partial charge in [-0.05, 0) is 35.7 Å². The van der Waals surface area contributed by atoms with Crippen LogP contribution >= 0.6 is 23.2 Å². The molecular formula is C22H25Cl2N3O3. The second kappa shape index (κ2) is 9.60. The molecule has 1 aliphatic rings. The number of nitrogens with zero attached hydrogens (tertiary/aromatic N) is 1. The molecule has 4 rings (SSSR count). The molecule has 0 radical (unpaired) electrons. The minimum atomic E-state index is -0.534. The highest BCUT2D eigenvalue weighted by Crippen LogP contribution is 2.38. The molecule has 2 heterocycles. The Labute approximate surface area is 185 Å². The molecule has 0 fully saturated rings. The Bertz CT molecular complexity index is 1050. The van der Waals surface area contributed by atoms with Crippen molar-refractivity contribution in [1.29, 1.82) is 0 Å². The maximum atomic E-state index is 12.8. The number of hydrogen-bond donors (Lipinski definition) is 4. The Morgan fingerprint density at radius 3 is 2.70 bits per heavy atom. The van der Waals surface area contributed by atoms with E-state index in [4.69, 9.17) is 23.2 Å². The Morgan fingerprint density at radius 1 is 1.23 bits per heavy atom. The van der Waals surface area contributed by atoms with Crippen molar-refractivity contribution in [2.45, 2.75) is 32.9 Å². The molecule has 3 aromatic rings. The Kier molecular flexibility index (Phi) is 7.13. The fourth-order valence-electron chi connectivity index (χ4n) is 3.77. The average molecular weight is 450 g/mol. The second-order valence-electron chi connectivity index (χ2n) is 6.80. The van der Waals surface area contributed by atoms with Gasteiger partial charge in [-0.15, -0.1) is 0 Å². The van der Waals surface area contributed by atoms with Crippen molar-refractivity contribution in [3.63, 3.8) is 0 Å². The highest BCUT2D eigenvalue weighted by atomic mass is 35.5. The maximum Gasteiger partial charge on any atom is 0.318 e. The van der Waals surface area contributed by atoms with E-state index in [9.17, 15) is 15.0 Å². The zero-order valence-electron chi connectivity index (χ0n) is 16.9. The minimum Gasteiger partial charge on any atom is -0.506 e. The molecular weight excluding hydrogens is 425 g/mol. The van der Waals surface area contributed by atoms with E-state index in [1.807, 2.05) is 26.0 Å². The number of aliphatic hydroxyl groups excluding tert-OH is 1. The number of carbonyl (C=O) groups excluding carboxylic acids is 1. The number of aromatic hydroxyl groups is 1. The second-order valence-corrected chi connectivity index (χ2v) is 7.67. The van der Waals surface area contributed by atoms with E-state index in [1.165, 1.54) is 6.07 Å². The van der Waals surface area contributed by atoms with Crippen molar-refractivity contribution in [3.8, 4) is 5.75 Å². The summed E-state index contributed by atoms with van der Waals surface area (Å²) in [5.41, 5.74) is 3.14. The Morgan fingerprint density at radius 2 is 2.00 bits per heavy atom. The Hall–Kier alpha value is -2.41. The van der Waals surface area contributed by atoms with Crippen LogP contribution in [0.4, 0.5) is 4.79 Å². The molecule has 6 nitrogen and oxygen atoms in total. The first-order valence-corrected chi connectivity index (χ1v) is 10.7. The quantitative estimate of drug-likeness (QED) is 0.453. The molecule has 30 heavy (non-hydrogen) atoms. The fourth-order valence-corrected chi connectivity index (χ4v) is 4.20. The molecule has 4 N–H and O–H groups in total. The number of aliphatic hydroxyl groups is 1. The largest absolute Gasteiger partial charge is 0.506 e. The van der Waals surface area contributed by atoms with Crippen molar-refractivity contribution < 1.29 is 15.0 Å². The number of hydrogen-bond acceptors (Lipinski definition) is 3. The number of phenolic OH excluding ortho intramolecular Hbond substituents is 1. The van der Waals surface area contributed by atoms with Gasteiger partial charge in [-0.2, -0.15) is 0 Å². The number of fused-ring (bicyclic) bond motifs is 3. The summed E-state index contributed by atoms with van der Waals surface area (Å²) >= 11 is 12.1. The van der Waals surface area contributed by atoms with E-state index in [0.717, 1.165) is 22.2 Å². The van der Waals surface area contributed by atoms with Crippen molar-refractivity contribution in [1.82, 2.24) is 15.2 Å². The molecule has 2 amide bonds. The van der Waals surface area contributed by atoms with Gasteiger partial charge in [0, 0.05) is 40.3 Å². The van der Waals surface area contributed by atoms with Gasteiger partial charge in [-0.3, -0.25) is 0 Å². The van der Waals surface area contributed by atoms with Gasteiger partial charge in [0.25, 0.3) is 0 Å². The zero-order chi connectivity index (χ0) is 21.8. The van der Waals surface area contributed by atoms with Crippen molar-refractivity contribution in [3.05, 3.63) is 63.3 Å². The third-order valence-electron chi connectivity index (χ3n) is 5.07. The van der Waals surface area contributed by atoms with Crippen LogP contribution in [0.3, 0.4) is 0 Å². The van der Waals surface area contributed by atoms with Gasteiger partial charge < -0.3 is 25.4 Å². The lowest BCUT2D eigenvalue weighted by atomic mass is 9.98. The molecule has 1 aliphatic heterocycles. The summed E-state index contributed by atoms with van der Waals surface area (Å²) in [6, 6.07) is 9.73. The molecule has 0 saturated heterocycles. The maximum absolute atomic E-state index is 12.8. The number of benzene rings is 2. The molecule has 1 unspecified atom stereocenters. The zero-order valence-corrected chi connectivity index (χ0v) is 18.4. The van der Waals surface area contributed by atoms with E-state index in [0.29, 0.717) is 35.1 Å². The highest BCUT2D eigenvalue weighted by molar-refractivity contribution is 6.31. The summed E-state index contributed by atoms with van der Waals surface area (Å²) in [5, 5.41) is 24.9. The van der Waals surface area contributed by atoms with Gasteiger partial charge in [0.2, 0.25) is 0 Å². The molecule has 0 saturated carbocycles. The first-order valence-electron chi connectivity index (χ1n) is 9.90. The standard InChI is InChI=1S/C20H19Cl2N3O3.C2H6/c21-12-3-1-2-11(6-12)9-23-20(28)25-5-4-14-15-7-13(22)8-17(27)19(15)24-18(14)16(25)10-26;1-2/h1-3,6-8,16,24,26-27H,4-5,9-10H2,(H,23,28);1-2H3. The van der Waals surface area contributed by atoms with Crippen LogP contribution in [-0.4, -0.2) is 39.3 Å². The molecule has 1 aromatic heterocycles. The van der Waals surface area contributed by atoms with Crippen molar-refractivity contribution in [2.75, 3.05) is 13.2 Å². The van der Waals surface area contributed by atoms with Gasteiger partial charge in [-0.1, -0.05) is 49.2 Å². The number of aromatic amines is 1. The number of aromatic nitrogens is 1. The molecule has 2 aromatic carbocycles. The van der Waals surface area contributed by atoms with E-state index in [2.05, 4.69) is 10.3 Å². The van der Waals surface area contributed by atoms with Gasteiger partial charge in [-0.25, -0.2) is 4.79 Å². The van der Waals surface area contributed by atoms with Gasteiger partial charge in [0.05, 0.1) is 18.2 Å². The summed E-state index contributed by atoms with van der Waals surface area (Å²) in [6.45, 7) is 4.54. The molecule has 160 valence electrons. The number of amides is 2. The summed E-state index contributed by atoms with van der Waals surface area (Å²) in [7, 11) is 0. The first-order chi connectivity index (χ1) is 14.5. The lowest BCUT2D eigenvalue weighted by Crippen LogP contribution is -2.46. The lowest BCUT2D eigenvalue weighted by Gasteiger charge is -2.34. The monoisotopic (exact) mass is 449 g/mol. The van der Waals surface area contributed by atoms with Crippen LogP contribution in [0.2, 0.25) is 10.0 Å². The third-order valence-corrected chi connectivity index (χ3v) is 5.52. The number of nitrogens with one attached hydrogen (secondary N) is 2. The SMILES string of the molecule is CC.O=C(NCc1cccc(Cl)c1)N1CCc2c([nH]c3c(O)cc(Cl)cc23)C1CO. The fraction of sp³-hybridized carbons (Fsp3) is 0.318. The van der Waals surface area contributed by atoms with Crippen molar-refractivity contribution >= 4 is 40.1 Å². The minimum absolute atomic E-state index is 0.0468. The molecule has 0 spiro atoms. The number of H-pyrrole nitrogens is 1. The van der Waals surface area contributed by atoms with Crippen LogP contribution in [-0.2, 0) is 13.0 Å². The number of urea groups is 1. The average Bonchev–Trinajstić information content (AvgIpc) is 3.12. The summed E-state index contributed by atoms with van der Waals surface area (Å²) in [4.78, 5) is 17.5. The number of halogens is 2. The first kappa shape index (κ1) is 22.3. The molecule has 0 bridgehead atoms. The predicted octanol–water partition coefficient (Wildman–Crippen LogP) is 5.01. The van der Waals surface area contributed by atoms with Crippen LogP contribution < -0.4 is 5.32 Å².